The van der Waals surface area contributed by atoms with Crippen LogP contribution >= 0.6 is 0 Å². The van der Waals surface area contributed by atoms with E-state index in [0.29, 0.717) is 5.92 Å². The van der Waals surface area contributed by atoms with Crippen molar-refractivity contribution in [2.24, 2.45) is 11.7 Å². The summed E-state index contributed by atoms with van der Waals surface area (Å²) in [5.41, 5.74) is 12.7. The Morgan fingerprint density at radius 2 is 2.00 bits per heavy atom. The van der Waals surface area contributed by atoms with Crippen molar-refractivity contribution < 1.29 is 0 Å². The van der Waals surface area contributed by atoms with Crippen molar-refractivity contribution in [2.45, 2.75) is 32.6 Å². The van der Waals surface area contributed by atoms with Gasteiger partial charge in [-0.3, -0.25) is 0 Å². The van der Waals surface area contributed by atoms with Crippen LogP contribution in [-0.4, -0.2) is 0 Å². The number of hydrogen-bond donors (Lipinski definition) is 1. The number of hydrogen-bond acceptors (Lipinski definition) is 2. The molecule has 1 aromatic rings. The third-order valence-electron chi connectivity index (χ3n) is 4.53. The maximum absolute atomic E-state index is 9.27. The first kappa shape index (κ1) is 15.4. The van der Waals surface area contributed by atoms with Crippen molar-refractivity contribution in [3.05, 3.63) is 76.5 Å². The van der Waals surface area contributed by atoms with Gasteiger partial charge in [0.05, 0.1) is 11.6 Å². The lowest BCUT2D eigenvalue weighted by molar-refractivity contribution is 0.921. The number of allylic oxidation sites excluding steroid dienone is 8. The predicted octanol–water partition coefficient (Wildman–Crippen LogP) is 4.86. The highest BCUT2D eigenvalue weighted by Gasteiger charge is 2.25. The fourth-order valence-electron chi connectivity index (χ4n) is 2.98. The molecule has 0 heterocycles. The maximum atomic E-state index is 9.27. The van der Waals surface area contributed by atoms with Crippen molar-refractivity contribution in [1.82, 2.24) is 0 Å². The van der Waals surface area contributed by atoms with Crippen LogP contribution in [0.4, 0.5) is 0 Å². The average Bonchev–Trinajstić information content (AvgIpc) is 3.41. The first-order valence-corrected chi connectivity index (χ1v) is 8.21. The van der Waals surface area contributed by atoms with Crippen molar-refractivity contribution in [1.29, 1.82) is 5.26 Å². The van der Waals surface area contributed by atoms with Gasteiger partial charge in [-0.25, -0.2) is 0 Å². The second kappa shape index (κ2) is 6.71. The highest BCUT2D eigenvalue weighted by atomic mass is 14.6. The summed E-state index contributed by atoms with van der Waals surface area (Å²) >= 11 is 0. The molecule has 1 fully saturated rings. The largest absolute Gasteiger partial charge is 0.402 e. The molecule has 0 spiro atoms. The number of nitriles is 1. The van der Waals surface area contributed by atoms with E-state index in [1.165, 1.54) is 24.0 Å². The zero-order valence-corrected chi connectivity index (χ0v) is 13.5. The third kappa shape index (κ3) is 3.63. The highest BCUT2D eigenvalue weighted by Crippen LogP contribution is 2.36. The van der Waals surface area contributed by atoms with E-state index in [2.05, 4.69) is 37.3 Å². The maximum Gasteiger partial charge on any atom is 0.0998 e. The zero-order chi connectivity index (χ0) is 16.2. The molecule has 2 heteroatoms. The molecule has 2 nitrogen and oxygen atoms in total. The van der Waals surface area contributed by atoms with Crippen molar-refractivity contribution in [2.75, 3.05) is 0 Å². The van der Waals surface area contributed by atoms with Crippen LogP contribution in [0.3, 0.4) is 0 Å². The van der Waals surface area contributed by atoms with Crippen LogP contribution in [-0.2, 0) is 0 Å². The standard InChI is InChI=1S/C21H22N2/c1-15(21(23)18-11-12-18)13-16-5-4-7-17(10-9-16)20-8-3-2-6-19(20)14-22/h2-3,5-10,18H,4,11-13,23H2,1H3/b21-15+. The summed E-state index contributed by atoms with van der Waals surface area (Å²) in [4.78, 5) is 0. The van der Waals surface area contributed by atoms with Gasteiger partial charge in [0.25, 0.3) is 0 Å². The lowest BCUT2D eigenvalue weighted by atomic mass is 9.99. The van der Waals surface area contributed by atoms with Crippen LogP contribution in [0.5, 0.6) is 0 Å². The van der Waals surface area contributed by atoms with Gasteiger partial charge in [-0.2, -0.15) is 5.26 Å². The molecule has 0 radical (unpaired) electrons. The fraction of sp³-hybridized carbons (Fsp3) is 0.286. The van der Waals surface area contributed by atoms with Gasteiger partial charge >= 0.3 is 0 Å². The predicted molar refractivity (Wildman–Crippen MR) is 95.2 cm³/mol. The summed E-state index contributed by atoms with van der Waals surface area (Å²) in [6.45, 7) is 2.15. The Morgan fingerprint density at radius 1 is 1.22 bits per heavy atom. The quantitative estimate of drug-likeness (QED) is 0.863. The molecule has 0 unspecified atom stereocenters. The van der Waals surface area contributed by atoms with Crippen LogP contribution in [0, 0.1) is 17.2 Å². The average molecular weight is 302 g/mol. The normalized spacial score (nSPS) is 18.4. The minimum Gasteiger partial charge on any atom is -0.402 e. The first-order chi connectivity index (χ1) is 11.2. The van der Waals surface area contributed by atoms with E-state index in [1.807, 2.05) is 24.3 Å². The second-order valence-corrected chi connectivity index (χ2v) is 6.35. The first-order valence-electron chi connectivity index (χ1n) is 8.21. The minimum absolute atomic E-state index is 0.626. The smallest absolute Gasteiger partial charge is 0.0998 e. The Labute approximate surface area is 138 Å². The van der Waals surface area contributed by atoms with E-state index in [9.17, 15) is 5.26 Å². The topological polar surface area (TPSA) is 49.8 Å². The molecule has 0 saturated heterocycles. The Balaban J connectivity index is 1.77. The van der Waals surface area contributed by atoms with E-state index >= 15 is 0 Å². The molecule has 116 valence electrons. The Morgan fingerprint density at radius 3 is 2.74 bits per heavy atom. The van der Waals surface area contributed by atoms with Gasteiger partial charge < -0.3 is 5.73 Å². The van der Waals surface area contributed by atoms with E-state index < -0.39 is 0 Å². The van der Waals surface area contributed by atoms with Gasteiger partial charge in [0.2, 0.25) is 0 Å². The third-order valence-corrected chi connectivity index (χ3v) is 4.53. The molecule has 3 rings (SSSR count). The molecular formula is C21H22N2. The minimum atomic E-state index is 0.626. The summed E-state index contributed by atoms with van der Waals surface area (Å²) in [5, 5.41) is 9.27. The van der Waals surface area contributed by atoms with Gasteiger partial charge in [-0.15, -0.1) is 0 Å². The van der Waals surface area contributed by atoms with Gasteiger partial charge in [-0.05, 0) is 66.9 Å². The number of nitrogens with two attached hydrogens (primary N) is 1. The zero-order valence-electron chi connectivity index (χ0n) is 13.5. The van der Waals surface area contributed by atoms with Crippen molar-refractivity contribution in [3.63, 3.8) is 0 Å². The van der Waals surface area contributed by atoms with E-state index in [-0.39, 0.29) is 0 Å². The molecule has 2 N–H and O–H groups in total. The van der Waals surface area contributed by atoms with E-state index in [0.717, 1.165) is 35.2 Å². The fourth-order valence-corrected chi connectivity index (χ4v) is 2.98. The molecule has 2 aliphatic carbocycles. The molecule has 23 heavy (non-hydrogen) atoms. The number of rotatable bonds is 4. The molecule has 0 atom stereocenters. The van der Waals surface area contributed by atoms with Gasteiger partial charge in [0, 0.05) is 5.70 Å². The van der Waals surface area contributed by atoms with Crippen LogP contribution < -0.4 is 5.73 Å². The molecule has 0 bridgehead atoms. The Bertz CT molecular complexity index is 765. The monoisotopic (exact) mass is 302 g/mol. The Hall–Kier alpha value is -2.53. The van der Waals surface area contributed by atoms with E-state index in [1.54, 1.807) is 0 Å². The van der Waals surface area contributed by atoms with Crippen molar-refractivity contribution >= 4 is 5.57 Å². The van der Waals surface area contributed by atoms with Crippen LogP contribution in [0.25, 0.3) is 5.57 Å². The van der Waals surface area contributed by atoms with Crippen LogP contribution in [0.2, 0.25) is 0 Å². The van der Waals surface area contributed by atoms with Gasteiger partial charge in [0.15, 0.2) is 0 Å². The molecule has 0 aromatic heterocycles. The second-order valence-electron chi connectivity index (χ2n) is 6.35. The van der Waals surface area contributed by atoms with Crippen LogP contribution in [0.15, 0.2) is 65.4 Å². The summed E-state index contributed by atoms with van der Waals surface area (Å²) < 4.78 is 0. The molecule has 1 aromatic carbocycles. The molecular weight excluding hydrogens is 280 g/mol. The van der Waals surface area contributed by atoms with Crippen molar-refractivity contribution in [3.8, 4) is 6.07 Å². The van der Waals surface area contributed by atoms with Crippen LogP contribution in [0.1, 0.15) is 43.7 Å². The summed E-state index contributed by atoms with van der Waals surface area (Å²) in [6, 6.07) is 10.0. The molecule has 2 aliphatic rings. The van der Waals surface area contributed by atoms with Gasteiger partial charge in [0.1, 0.15) is 0 Å². The highest BCUT2D eigenvalue weighted by molar-refractivity contribution is 5.78. The summed E-state index contributed by atoms with van der Waals surface area (Å²) in [5.74, 6) is 0.626. The molecule has 1 saturated carbocycles. The Kier molecular flexibility index (Phi) is 4.48. The lowest BCUT2D eigenvalue weighted by Crippen LogP contribution is -2.03. The summed E-state index contributed by atoms with van der Waals surface area (Å²) in [6.07, 6.45) is 13.0. The lowest BCUT2D eigenvalue weighted by Gasteiger charge is -2.07. The van der Waals surface area contributed by atoms with E-state index in [4.69, 9.17) is 5.73 Å². The molecule has 0 aliphatic heterocycles. The SMILES string of the molecule is C/C(CC1=CCC=C(c2ccccc2C#N)C=C1)=C(\N)C1CC1. The number of nitrogens with zero attached hydrogens (tertiary/aromatic N) is 1. The molecule has 0 amide bonds. The van der Waals surface area contributed by atoms with Gasteiger partial charge in [-0.1, -0.05) is 42.5 Å². The summed E-state index contributed by atoms with van der Waals surface area (Å²) in [7, 11) is 0. The number of benzene rings is 1.